The van der Waals surface area contributed by atoms with Crippen molar-refractivity contribution in [3.05, 3.63) is 27.3 Å². The number of hydrogen-bond donors (Lipinski definition) is 1. The molecule has 0 amide bonds. The van der Waals surface area contributed by atoms with Gasteiger partial charge in [-0.3, -0.25) is 19.5 Å². The number of rotatable bonds is 17. The van der Waals surface area contributed by atoms with Crippen molar-refractivity contribution in [3.63, 3.8) is 0 Å². The van der Waals surface area contributed by atoms with E-state index in [1.165, 1.54) is 57.8 Å². The summed E-state index contributed by atoms with van der Waals surface area (Å²) in [4.78, 5) is 21.2. The van der Waals surface area contributed by atoms with Gasteiger partial charge < -0.3 is 4.74 Å². The zero-order valence-electron chi connectivity index (χ0n) is 18.7. The summed E-state index contributed by atoms with van der Waals surface area (Å²) in [6.45, 7) is 2.22. The van der Waals surface area contributed by atoms with E-state index in [0.29, 0.717) is 12.5 Å². The van der Waals surface area contributed by atoms with Gasteiger partial charge in [0.05, 0.1) is 9.95 Å². The zero-order valence-corrected chi connectivity index (χ0v) is 20.3. The smallest absolute Gasteiger partial charge is 0.311 e. The minimum absolute atomic E-state index is 0.0516. The van der Waals surface area contributed by atoms with Gasteiger partial charge in [-0.15, -0.1) is 0 Å². The summed E-state index contributed by atoms with van der Waals surface area (Å²) in [5, 5.41) is 10.4. The summed E-state index contributed by atoms with van der Waals surface area (Å²) in [6.07, 6.45) is 15.1. The van der Waals surface area contributed by atoms with Crippen molar-refractivity contribution in [2.75, 3.05) is 0 Å². The molecule has 0 unspecified atom stereocenters. The highest BCUT2D eigenvalue weighted by Crippen LogP contribution is 2.36. The molecule has 0 aliphatic rings. The van der Waals surface area contributed by atoms with Crippen LogP contribution in [0.1, 0.15) is 96.8 Å². The summed E-state index contributed by atoms with van der Waals surface area (Å²) in [6, 6.07) is 1.47. The number of nitro groups is 1. The number of hydrogen-bond acceptors (Lipinski definition) is 6. The Balaban J connectivity index is 2.31. The fraction of sp³-hybridized carbons (Fsp3) is 0.682. The second-order valence-electron chi connectivity index (χ2n) is 7.95. The van der Waals surface area contributed by atoms with Crippen molar-refractivity contribution >= 4 is 33.4 Å². The molecule has 0 spiro atoms. The average molecular weight is 492 g/mol. The van der Waals surface area contributed by atoms with Crippen molar-refractivity contribution < 1.29 is 27.4 Å². The average Bonchev–Trinajstić information content (AvgIpc) is 2.71. The molecule has 182 valence electrons. The Kier molecular flexibility index (Phi) is 13.4. The van der Waals surface area contributed by atoms with Crippen LogP contribution in [0.25, 0.3) is 0 Å². The molecule has 0 fully saturated rings. The maximum absolute atomic E-state index is 12.1. The lowest BCUT2D eigenvalue weighted by Crippen LogP contribution is -2.12. The number of carbonyl (C=O) groups excluding carboxylic acids is 1. The number of halogens is 1. The summed E-state index contributed by atoms with van der Waals surface area (Å²) >= 11 is 5.86. The highest BCUT2D eigenvalue weighted by atomic mass is 35.5. The van der Waals surface area contributed by atoms with Gasteiger partial charge in [0.25, 0.3) is 15.8 Å². The van der Waals surface area contributed by atoms with Gasteiger partial charge >= 0.3 is 5.97 Å². The highest BCUT2D eigenvalue weighted by Gasteiger charge is 2.26. The van der Waals surface area contributed by atoms with Gasteiger partial charge in [0, 0.05) is 18.6 Å². The van der Waals surface area contributed by atoms with Crippen LogP contribution in [0.3, 0.4) is 0 Å². The van der Waals surface area contributed by atoms with E-state index in [-0.39, 0.29) is 6.42 Å². The predicted octanol–water partition coefficient (Wildman–Crippen LogP) is 6.88. The third-order valence-electron chi connectivity index (χ3n) is 5.18. The van der Waals surface area contributed by atoms with Crippen LogP contribution in [-0.4, -0.2) is 23.9 Å². The Morgan fingerprint density at radius 3 is 1.88 bits per heavy atom. The molecule has 32 heavy (non-hydrogen) atoms. The van der Waals surface area contributed by atoms with Crippen LogP contribution in [0.15, 0.2) is 17.0 Å². The van der Waals surface area contributed by atoms with Crippen molar-refractivity contribution in [1.82, 2.24) is 0 Å². The van der Waals surface area contributed by atoms with Crippen LogP contribution in [-0.2, 0) is 14.9 Å². The molecule has 0 heterocycles. The lowest BCUT2D eigenvalue weighted by atomic mass is 10.0. The molecule has 0 aliphatic carbocycles. The minimum Gasteiger partial charge on any atom is -0.423 e. The molecule has 0 atom stereocenters. The van der Waals surface area contributed by atoms with E-state index in [4.69, 9.17) is 16.3 Å². The Bertz CT molecular complexity index is 843. The molecule has 0 saturated carbocycles. The third-order valence-corrected chi connectivity index (χ3v) is 6.32. The van der Waals surface area contributed by atoms with Crippen molar-refractivity contribution in [1.29, 1.82) is 0 Å². The van der Waals surface area contributed by atoms with Gasteiger partial charge in [-0.2, -0.15) is 8.42 Å². The van der Waals surface area contributed by atoms with Gasteiger partial charge in [0.1, 0.15) is 4.90 Å². The van der Waals surface area contributed by atoms with Gasteiger partial charge in [-0.25, -0.2) is 0 Å². The van der Waals surface area contributed by atoms with Crippen molar-refractivity contribution in [2.45, 2.75) is 102 Å². The Hall–Kier alpha value is -1.71. The van der Waals surface area contributed by atoms with E-state index in [1.54, 1.807) is 0 Å². The zero-order chi connectivity index (χ0) is 24.0. The molecule has 0 aliphatic heterocycles. The van der Waals surface area contributed by atoms with Gasteiger partial charge in [0.2, 0.25) is 0 Å². The van der Waals surface area contributed by atoms with Crippen molar-refractivity contribution in [2.24, 2.45) is 0 Å². The summed E-state index contributed by atoms with van der Waals surface area (Å²) in [5.41, 5.74) is -0.640. The first kappa shape index (κ1) is 28.3. The Labute approximate surface area is 195 Å². The Morgan fingerprint density at radius 2 is 1.44 bits per heavy atom. The number of nitrogens with zero attached hydrogens (tertiary/aromatic N) is 1. The van der Waals surface area contributed by atoms with E-state index >= 15 is 0 Å². The number of carbonyl (C=O) groups is 1. The van der Waals surface area contributed by atoms with E-state index in [2.05, 4.69) is 6.92 Å². The lowest BCUT2D eigenvalue weighted by molar-refractivity contribution is -0.385. The van der Waals surface area contributed by atoms with Gasteiger partial charge in [0.15, 0.2) is 5.75 Å². The number of benzene rings is 1. The first-order valence-corrected chi connectivity index (χ1v) is 13.1. The standard InChI is InChI=1S/C22H34ClNO7S/c1-2-3-4-5-6-7-8-9-10-11-12-13-14-15-21(25)31-22-19(23)16-18(24(26)27)17-20(22)32(28,29)30/h16-17H,2-15H2,1H3,(H,28,29,30). The largest absolute Gasteiger partial charge is 0.423 e. The van der Waals surface area contributed by atoms with Crippen LogP contribution in [0, 0.1) is 10.1 Å². The molecule has 0 radical (unpaired) electrons. The number of ether oxygens (including phenoxy) is 1. The number of non-ortho nitro benzene ring substituents is 1. The van der Waals surface area contributed by atoms with E-state index in [1.807, 2.05) is 0 Å². The highest BCUT2D eigenvalue weighted by molar-refractivity contribution is 7.86. The third kappa shape index (κ3) is 11.2. The number of nitro benzene ring substituents is 1. The molecule has 8 nitrogen and oxygen atoms in total. The molecular weight excluding hydrogens is 458 g/mol. The molecule has 1 aromatic carbocycles. The monoisotopic (exact) mass is 491 g/mol. The van der Waals surface area contributed by atoms with Crippen LogP contribution in [0.2, 0.25) is 5.02 Å². The maximum Gasteiger partial charge on any atom is 0.311 e. The van der Waals surface area contributed by atoms with Crippen molar-refractivity contribution in [3.8, 4) is 5.75 Å². The molecule has 0 aromatic heterocycles. The van der Waals surface area contributed by atoms with Crippen LogP contribution >= 0.6 is 11.6 Å². The van der Waals surface area contributed by atoms with Gasteiger partial charge in [-0.1, -0.05) is 95.6 Å². The lowest BCUT2D eigenvalue weighted by Gasteiger charge is -2.10. The second kappa shape index (κ2) is 15.2. The van der Waals surface area contributed by atoms with E-state index < -0.39 is 42.4 Å². The molecular formula is C22H34ClNO7S. The van der Waals surface area contributed by atoms with E-state index in [0.717, 1.165) is 25.3 Å². The Morgan fingerprint density at radius 1 is 0.969 bits per heavy atom. The first-order valence-electron chi connectivity index (χ1n) is 11.3. The van der Waals surface area contributed by atoms with Crippen LogP contribution in [0.4, 0.5) is 5.69 Å². The molecule has 10 heteroatoms. The van der Waals surface area contributed by atoms with Gasteiger partial charge in [-0.05, 0) is 6.42 Å². The maximum atomic E-state index is 12.1. The quantitative estimate of drug-likeness (QED) is 0.0628. The number of unbranched alkanes of at least 4 members (excludes halogenated alkanes) is 12. The molecule has 0 bridgehead atoms. The molecule has 1 N–H and O–H groups in total. The molecule has 1 aromatic rings. The molecule has 1 rings (SSSR count). The predicted molar refractivity (Wildman–Crippen MR) is 124 cm³/mol. The topological polar surface area (TPSA) is 124 Å². The fourth-order valence-corrected chi connectivity index (χ4v) is 4.37. The fourth-order valence-electron chi connectivity index (χ4n) is 3.40. The molecule has 0 saturated heterocycles. The summed E-state index contributed by atoms with van der Waals surface area (Å²) in [7, 11) is -4.87. The normalized spacial score (nSPS) is 11.5. The summed E-state index contributed by atoms with van der Waals surface area (Å²) in [5.74, 6) is -1.31. The van der Waals surface area contributed by atoms with Crippen LogP contribution < -0.4 is 4.74 Å². The minimum atomic E-state index is -4.87. The van der Waals surface area contributed by atoms with Crippen LogP contribution in [0.5, 0.6) is 5.75 Å². The second-order valence-corrected chi connectivity index (χ2v) is 9.75. The number of esters is 1. The van der Waals surface area contributed by atoms with E-state index in [9.17, 15) is 27.9 Å². The summed E-state index contributed by atoms with van der Waals surface area (Å²) < 4.78 is 37.4. The SMILES string of the molecule is CCCCCCCCCCCCCCCC(=O)Oc1c(Cl)cc([N+](=O)[O-])cc1S(=O)(=O)O. The first-order chi connectivity index (χ1) is 15.2.